The molecule has 0 atom stereocenters. The SMILES string of the molecule is CN1CCN(c2cc3c(cc2F)c(=O)c(C=O)cn3C2CC2)CC1. The second-order valence-electron chi connectivity index (χ2n) is 6.78. The van der Waals surface area contributed by atoms with Crippen LogP contribution in [0.4, 0.5) is 10.1 Å². The van der Waals surface area contributed by atoms with Crippen molar-refractivity contribution in [1.29, 1.82) is 0 Å². The van der Waals surface area contributed by atoms with Gasteiger partial charge in [0.05, 0.1) is 16.8 Å². The van der Waals surface area contributed by atoms with E-state index in [9.17, 15) is 14.0 Å². The molecule has 5 nitrogen and oxygen atoms in total. The number of likely N-dealkylation sites (N-methyl/N-ethyl adjacent to an activating group) is 1. The number of halogens is 1. The molecule has 2 aliphatic rings. The van der Waals surface area contributed by atoms with Crippen LogP contribution in [0.15, 0.2) is 23.1 Å². The third kappa shape index (κ3) is 2.51. The average molecular weight is 329 g/mol. The molecule has 1 aliphatic heterocycles. The number of rotatable bonds is 3. The number of fused-ring (bicyclic) bond motifs is 1. The number of pyridine rings is 1. The lowest BCUT2D eigenvalue weighted by Crippen LogP contribution is -2.44. The summed E-state index contributed by atoms with van der Waals surface area (Å²) in [7, 11) is 2.06. The highest BCUT2D eigenvalue weighted by Gasteiger charge is 2.27. The summed E-state index contributed by atoms with van der Waals surface area (Å²) in [6.07, 6.45) is 4.24. The highest BCUT2D eigenvalue weighted by molar-refractivity contribution is 5.88. The largest absolute Gasteiger partial charge is 0.367 e. The molecule has 2 heterocycles. The van der Waals surface area contributed by atoms with E-state index in [1.54, 1.807) is 12.3 Å². The molecule has 0 unspecified atom stereocenters. The lowest BCUT2D eigenvalue weighted by atomic mass is 10.1. The summed E-state index contributed by atoms with van der Waals surface area (Å²) in [6, 6.07) is 3.39. The zero-order chi connectivity index (χ0) is 16.8. The van der Waals surface area contributed by atoms with Gasteiger partial charge in [0.25, 0.3) is 0 Å². The smallest absolute Gasteiger partial charge is 0.199 e. The number of aromatic nitrogens is 1. The molecule has 6 heteroatoms. The fourth-order valence-electron chi connectivity index (χ4n) is 3.41. The molecule has 0 bridgehead atoms. The number of hydrogen-bond donors (Lipinski definition) is 0. The van der Waals surface area contributed by atoms with Gasteiger partial charge in [0.2, 0.25) is 0 Å². The zero-order valence-corrected chi connectivity index (χ0v) is 13.7. The molecule has 1 aliphatic carbocycles. The van der Waals surface area contributed by atoms with Crippen LogP contribution < -0.4 is 10.3 Å². The van der Waals surface area contributed by atoms with E-state index >= 15 is 0 Å². The van der Waals surface area contributed by atoms with E-state index in [-0.39, 0.29) is 11.0 Å². The van der Waals surface area contributed by atoms with Gasteiger partial charge in [-0.05, 0) is 32.0 Å². The summed E-state index contributed by atoms with van der Waals surface area (Å²) in [5.74, 6) is -0.394. The van der Waals surface area contributed by atoms with Gasteiger partial charge in [-0.1, -0.05) is 0 Å². The molecular weight excluding hydrogens is 309 g/mol. The van der Waals surface area contributed by atoms with Gasteiger partial charge in [-0.25, -0.2) is 4.39 Å². The van der Waals surface area contributed by atoms with Gasteiger partial charge in [0.1, 0.15) is 5.82 Å². The van der Waals surface area contributed by atoms with Crippen LogP contribution in [0.3, 0.4) is 0 Å². The molecule has 2 fully saturated rings. The number of nitrogens with zero attached hydrogens (tertiary/aromatic N) is 3. The van der Waals surface area contributed by atoms with E-state index < -0.39 is 5.82 Å². The normalized spacial score (nSPS) is 19.0. The number of aldehydes is 1. The Morgan fingerprint density at radius 3 is 2.50 bits per heavy atom. The standard InChI is InChI=1S/C18H20FN3O2/c1-20-4-6-21(7-5-20)17-9-16-14(8-15(17)19)18(24)12(11-23)10-22(16)13-2-3-13/h8-11,13H,2-7H2,1H3. The van der Waals surface area contributed by atoms with Crippen LogP contribution in [0.2, 0.25) is 0 Å². The van der Waals surface area contributed by atoms with E-state index in [1.807, 2.05) is 9.47 Å². The summed E-state index contributed by atoms with van der Waals surface area (Å²) in [5, 5.41) is 0.293. The number of anilines is 1. The van der Waals surface area contributed by atoms with Crippen molar-refractivity contribution in [3.05, 3.63) is 39.9 Å². The van der Waals surface area contributed by atoms with Crippen LogP contribution in [0.5, 0.6) is 0 Å². The van der Waals surface area contributed by atoms with E-state index in [2.05, 4.69) is 11.9 Å². The number of benzene rings is 1. The van der Waals surface area contributed by atoms with Gasteiger partial charge < -0.3 is 14.4 Å². The van der Waals surface area contributed by atoms with Crippen molar-refractivity contribution in [2.24, 2.45) is 0 Å². The molecule has 126 valence electrons. The van der Waals surface area contributed by atoms with Crippen LogP contribution in [-0.2, 0) is 0 Å². The highest BCUT2D eigenvalue weighted by atomic mass is 19.1. The number of piperazine rings is 1. The Morgan fingerprint density at radius 2 is 1.88 bits per heavy atom. The maximum Gasteiger partial charge on any atom is 0.199 e. The molecular formula is C18H20FN3O2. The number of hydrogen-bond acceptors (Lipinski definition) is 4. The molecule has 1 saturated heterocycles. The van der Waals surface area contributed by atoms with Gasteiger partial charge >= 0.3 is 0 Å². The van der Waals surface area contributed by atoms with Crippen LogP contribution in [0, 0.1) is 5.82 Å². The third-order valence-corrected chi connectivity index (χ3v) is 5.04. The summed E-state index contributed by atoms with van der Waals surface area (Å²) >= 11 is 0. The fourth-order valence-corrected chi connectivity index (χ4v) is 3.41. The average Bonchev–Trinajstić information content (AvgIpc) is 3.41. The highest BCUT2D eigenvalue weighted by Crippen LogP contribution is 2.38. The van der Waals surface area contributed by atoms with Crippen molar-refractivity contribution in [2.75, 3.05) is 38.1 Å². The first-order chi connectivity index (χ1) is 11.6. The van der Waals surface area contributed by atoms with Crippen molar-refractivity contribution in [1.82, 2.24) is 9.47 Å². The second kappa shape index (κ2) is 5.70. The molecule has 1 saturated carbocycles. The van der Waals surface area contributed by atoms with Gasteiger partial charge in [-0.3, -0.25) is 9.59 Å². The fraction of sp³-hybridized carbons (Fsp3) is 0.444. The van der Waals surface area contributed by atoms with Crippen LogP contribution in [0.25, 0.3) is 10.9 Å². The molecule has 0 radical (unpaired) electrons. The Labute approximate surface area is 139 Å². The Hall–Kier alpha value is -2.21. The van der Waals surface area contributed by atoms with Crippen molar-refractivity contribution in [3.8, 4) is 0 Å². The Kier molecular flexibility index (Phi) is 3.64. The Bertz CT molecular complexity index is 865. The summed E-state index contributed by atoms with van der Waals surface area (Å²) < 4.78 is 16.6. The summed E-state index contributed by atoms with van der Waals surface area (Å²) in [4.78, 5) is 27.8. The molecule has 4 rings (SSSR count). The van der Waals surface area contributed by atoms with E-state index in [0.717, 1.165) is 44.5 Å². The molecule has 0 N–H and O–H groups in total. The predicted molar refractivity (Wildman–Crippen MR) is 91.5 cm³/mol. The Balaban J connectivity index is 1.88. The molecule has 0 spiro atoms. The first-order valence-corrected chi connectivity index (χ1v) is 8.35. The summed E-state index contributed by atoms with van der Waals surface area (Å²) in [5.41, 5.74) is 0.980. The molecule has 2 aromatic rings. The van der Waals surface area contributed by atoms with Crippen molar-refractivity contribution in [2.45, 2.75) is 18.9 Å². The number of carbonyl (C=O) groups excluding carboxylic acids is 1. The molecule has 1 aromatic heterocycles. The van der Waals surface area contributed by atoms with E-state index in [1.165, 1.54) is 6.07 Å². The van der Waals surface area contributed by atoms with Gasteiger partial charge in [0.15, 0.2) is 11.7 Å². The topological polar surface area (TPSA) is 45.6 Å². The van der Waals surface area contributed by atoms with Gasteiger partial charge in [-0.15, -0.1) is 0 Å². The van der Waals surface area contributed by atoms with Crippen LogP contribution in [0.1, 0.15) is 29.2 Å². The van der Waals surface area contributed by atoms with E-state index in [0.29, 0.717) is 23.4 Å². The minimum absolute atomic E-state index is 0.0983. The minimum Gasteiger partial charge on any atom is -0.367 e. The summed E-state index contributed by atoms with van der Waals surface area (Å²) in [6.45, 7) is 3.30. The molecule has 24 heavy (non-hydrogen) atoms. The zero-order valence-electron chi connectivity index (χ0n) is 13.7. The second-order valence-corrected chi connectivity index (χ2v) is 6.78. The van der Waals surface area contributed by atoms with Crippen molar-refractivity contribution < 1.29 is 9.18 Å². The van der Waals surface area contributed by atoms with Gasteiger partial charge in [-0.2, -0.15) is 0 Å². The molecule has 0 amide bonds. The Morgan fingerprint density at radius 1 is 1.17 bits per heavy atom. The monoisotopic (exact) mass is 329 g/mol. The maximum absolute atomic E-state index is 14.7. The predicted octanol–water partition coefficient (Wildman–Crippen LogP) is 2.04. The van der Waals surface area contributed by atoms with E-state index in [4.69, 9.17) is 0 Å². The minimum atomic E-state index is -0.394. The molecule has 1 aromatic carbocycles. The van der Waals surface area contributed by atoms with Crippen molar-refractivity contribution >= 4 is 22.9 Å². The third-order valence-electron chi connectivity index (χ3n) is 5.04. The first kappa shape index (κ1) is 15.3. The maximum atomic E-state index is 14.7. The van der Waals surface area contributed by atoms with Crippen LogP contribution >= 0.6 is 0 Å². The lowest BCUT2D eigenvalue weighted by Gasteiger charge is -2.34. The van der Waals surface area contributed by atoms with Crippen molar-refractivity contribution in [3.63, 3.8) is 0 Å². The lowest BCUT2D eigenvalue weighted by molar-refractivity contribution is 0.112. The first-order valence-electron chi connectivity index (χ1n) is 8.35. The quantitative estimate of drug-likeness (QED) is 0.809. The van der Waals surface area contributed by atoms with Crippen LogP contribution in [-0.4, -0.2) is 49.0 Å². The number of carbonyl (C=O) groups is 1. The van der Waals surface area contributed by atoms with Gasteiger partial charge in [0, 0.05) is 43.8 Å².